The number of carbonyl (C=O) groups excluding carboxylic acids is 1. The molecule has 1 N–H and O–H groups in total. The molecule has 0 spiro atoms. The first-order valence-electron chi connectivity index (χ1n) is 10.7. The van der Waals surface area contributed by atoms with Gasteiger partial charge in [-0.25, -0.2) is 18.2 Å². The van der Waals surface area contributed by atoms with E-state index in [1.54, 1.807) is 25.7 Å². The summed E-state index contributed by atoms with van der Waals surface area (Å²) < 4.78 is 112. The van der Waals surface area contributed by atoms with Gasteiger partial charge in [-0.2, -0.15) is 26.3 Å². The summed E-state index contributed by atoms with van der Waals surface area (Å²) in [5, 5.41) is -0.220. The zero-order valence-electron chi connectivity index (χ0n) is 19.1. The molecule has 2 aromatic rings. The molecule has 198 valence electrons. The van der Waals surface area contributed by atoms with E-state index in [4.69, 9.17) is 4.74 Å². The maximum atomic E-state index is 13.2. The summed E-state index contributed by atoms with van der Waals surface area (Å²) in [5.74, 6) is 0. The van der Waals surface area contributed by atoms with Gasteiger partial charge in [-0.05, 0) is 51.8 Å². The van der Waals surface area contributed by atoms with Gasteiger partial charge in [-0.15, -0.1) is 0 Å². The third kappa shape index (κ3) is 5.26. The van der Waals surface area contributed by atoms with Crippen molar-refractivity contribution in [3.63, 3.8) is 0 Å². The van der Waals surface area contributed by atoms with Crippen molar-refractivity contribution < 1.29 is 44.3 Å². The number of thiazole rings is 1. The molecule has 3 heterocycles. The van der Waals surface area contributed by atoms with Gasteiger partial charge in [0.15, 0.2) is 5.13 Å². The first-order valence-corrected chi connectivity index (χ1v) is 13.0. The van der Waals surface area contributed by atoms with Crippen molar-refractivity contribution >= 4 is 32.6 Å². The van der Waals surface area contributed by atoms with E-state index in [0.29, 0.717) is 29.8 Å². The molecule has 1 amide bonds. The molecule has 1 aromatic carbocycles. The van der Waals surface area contributed by atoms with Gasteiger partial charge in [0, 0.05) is 12.5 Å². The van der Waals surface area contributed by atoms with Crippen LogP contribution in [0.15, 0.2) is 23.1 Å². The van der Waals surface area contributed by atoms with Gasteiger partial charge in [0.1, 0.15) is 5.60 Å². The van der Waals surface area contributed by atoms with Crippen LogP contribution in [-0.4, -0.2) is 36.0 Å². The van der Waals surface area contributed by atoms with Crippen molar-refractivity contribution in [2.24, 2.45) is 0 Å². The molecule has 2 atom stereocenters. The number of aromatic nitrogens is 1. The number of halogens is 6. The number of amides is 1. The van der Waals surface area contributed by atoms with Gasteiger partial charge in [0.25, 0.3) is 10.0 Å². The number of nitrogens with zero attached hydrogens (tertiary/aromatic N) is 2. The lowest BCUT2D eigenvalue weighted by molar-refractivity contribution is -0.143. The summed E-state index contributed by atoms with van der Waals surface area (Å²) in [7, 11) is -4.85. The molecule has 0 aliphatic carbocycles. The fraction of sp³-hybridized carbons (Fsp3) is 0.524. The summed E-state index contributed by atoms with van der Waals surface area (Å²) in [6, 6.07) is -0.519. The number of carbonyl (C=O) groups is 1. The largest absolute Gasteiger partial charge is 0.444 e. The fourth-order valence-corrected chi connectivity index (χ4v) is 6.66. The summed E-state index contributed by atoms with van der Waals surface area (Å²) in [6.45, 7) is 5.17. The number of fused-ring (bicyclic) bond motifs is 4. The number of benzene rings is 1. The Labute approximate surface area is 206 Å². The maximum absolute atomic E-state index is 13.2. The average Bonchev–Trinajstić information content (AvgIpc) is 3.25. The van der Waals surface area contributed by atoms with Crippen LogP contribution in [0.5, 0.6) is 0 Å². The van der Waals surface area contributed by atoms with Crippen molar-refractivity contribution in [1.29, 1.82) is 0 Å². The molecule has 2 unspecified atom stereocenters. The molecule has 1 aromatic heterocycles. The molecule has 1 saturated heterocycles. The number of rotatable bonds is 3. The summed E-state index contributed by atoms with van der Waals surface area (Å²) in [5.41, 5.74) is -3.71. The molecule has 15 heteroatoms. The Balaban J connectivity index is 1.64. The number of hydrogen-bond donors (Lipinski definition) is 1. The SMILES string of the molecule is CC(C)(C)OC(=O)N1C2CCC1c1sc(NS(=O)(=O)c3cc(C(F)(F)F)cc(C(F)(F)F)c3)nc1C2. The Bertz CT molecular complexity index is 1270. The van der Waals surface area contributed by atoms with Crippen molar-refractivity contribution in [3.05, 3.63) is 39.9 Å². The molecule has 0 radical (unpaired) electrons. The lowest BCUT2D eigenvalue weighted by Gasteiger charge is -2.35. The number of alkyl halides is 6. The predicted octanol–water partition coefficient (Wildman–Crippen LogP) is 5.98. The number of anilines is 1. The number of nitrogens with one attached hydrogen (secondary N) is 1. The van der Waals surface area contributed by atoms with Crippen LogP contribution >= 0.6 is 11.3 Å². The van der Waals surface area contributed by atoms with Crippen LogP contribution in [0.2, 0.25) is 0 Å². The molecule has 0 saturated carbocycles. The van der Waals surface area contributed by atoms with Crippen molar-refractivity contribution in [2.45, 2.75) is 75.0 Å². The molecule has 2 bridgehead atoms. The number of sulfonamides is 1. The van der Waals surface area contributed by atoms with E-state index in [9.17, 15) is 39.6 Å². The normalized spacial score (nSPS) is 20.3. The minimum atomic E-state index is -5.20. The Morgan fingerprint density at radius 3 is 2.17 bits per heavy atom. The van der Waals surface area contributed by atoms with Crippen LogP contribution in [0, 0.1) is 0 Å². The van der Waals surface area contributed by atoms with Crippen molar-refractivity contribution in [2.75, 3.05) is 4.72 Å². The summed E-state index contributed by atoms with van der Waals surface area (Å²) >= 11 is 0.880. The maximum Gasteiger partial charge on any atom is 0.416 e. The van der Waals surface area contributed by atoms with Crippen LogP contribution in [0.1, 0.15) is 61.4 Å². The molecule has 2 aliphatic rings. The second-order valence-electron chi connectivity index (χ2n) is 9.52. The molecule has 2 aliphatic heterocycles. The van der Waals surface area contributed by atoms with E-state index in [1.165, 1.54) is 0 Å². The second-order valence-corrected chi connectivity index (χ2v) is 12.2. The monoisotopic (exact) mass is 557 g/mol. The Morgan fingerprint density at radius 1 is 1.06 bits per heavy atom. The molecule has 4 rings (SSSR count). The fourth-order valence-electron chi connectivity index (χ4n) is 4.22. The number of ether oxygens (including phenoxy) is 1. The van der Waals surface area contributed by atoms with Gasteiger partial charge >= 0.3 is 18.4 Å². The number of hydrogen-bond acceptors (Lipinski definition) is 6. The van der Waals surface area contributed by atoms with E-state index in [0.717, 1.165) is 11.3 Å². The zero-order chi connectivity index (χ0) is 26.8. The minimum Gasteiger partial charge on any atom is -0.444 e. The molecule has 36 heavy (non-hydrogen) atoms. The van der Waals surface area contributed by atoms with Crippen LogP contribution in [0.25, 0.3) is 0 Å². The third-order valence-corrected chi connectivity index (χ3v) is 8.22. The van der Waals surface area contributed by atoms with Crippen LogP contribution < -0.4 is 4.72 Å². The highest BCUT2D eigenvalue weighted by molar-refractivity contribution is 7.93. The van der Waals surface area contributed by atoms with Crippen molar-refractivity contribution in [1.82, 2.24) is 9.88 Å². The Hall–Kier alpha value is -2.55. The van der Waals surface area contributed by atoms with Crippen LogP contribution in [0.4, 0.5) is 36.3 Å². The summed E-state index contributed by atoms with van der Waals surface area (Å²) in [6.07, 6.45) is -9.36. The van der Waals surface area contributed by atoms with E-state index in [2.05, 4.69) is 4.98 Å². The highest BCUT2D eigenvalue weighted by Crippen LogP contribution is 2.48. The van der Waals surface area contributed by atoms with E-state index in [1.807, 2.05) is 4.72 Å². The van der Waals surface area contributed by atoms with Crippen LogP contribution in [-0.2, 0) is 33.5 Å². The predicted molar refractivity (Wildman–Crippen MR) is 117 cm³/mol. The van der Waals surface area contributed by atoms with Crippen molar-refractivity contribution in [3.8, 4) is 0 Å². The quantitative estimate of drug-likeness (QED) is 0.470. The van der Waals surface area contributed by atoms with E-state index >= 15 is 0 Å². The van der Waals surface area contributed by atoms with Crippen LogP contribution in [0.3, 0.4) is 0 Å². The summed E-state index contributed by atoms with van der Waals surface area (Å²) in [4.78, 5) is 17.9. The first kappa shape index (κ1) is 26.5. The average molecular weight is 558 g/mol. The van der Waals surface area contributed by atoms with Gasteiger partial charge in [0.2, 0.25) is 0 Å². The third-order valence-electron chi connectivity index (χ3n) is 5.66. The van der Waals surface area contributed by atoms with Gasteiger partial charge in [-0.1, -0.05) is 11.3 Å². The van der Waals surface area contributed by atoms with Gasteiger partial charge < -0.3 is 4.74 Å². The lowest BCUT2D eigenvalue weighted by atomic mass is 10.1. The lowest BCUT2D eigenvalue weighted by Crippen LogP contribution is -2.44. The van der Waals surface area contributed by atoms with Gasteiger partial charge in [-0.3, -0.25) is 9.62 Å². The zero-order valence-corrected chi connectivity index (χ0v) is 20.8. The van der Waals surface area contributed by atoms with E-state index < -0.39 is 56.1 Å². The topological polar surface area (TPSA) is 88.6 Å². The van der Waals surface area contributed by atoms with Gasteiger partial charge in [0.05, 0.1) is 32.6 Å². The minimum absolute atomic E-state index is 0.136. The van der Waals surface area contributed by atoms with E-state index in [-0.39, 0.29) is 29.4 Å². The highest BCUT2D eigenvalue weighted by atomic mass is 32.2. The molecule has 7 nitrogen and oxygen atoms in total. The molecular formula is C21H21F6N3O4S2. The second kappa shape index (κ2) is 8.50. The Morgan fingerprint density at radius 2 is 1.64 bits per heavy atom. The molecule has 1 fully saturated rings. The standard InChI is InChI=1S/C21H21F6N3O4S2/c1-19(2,3)34-18(31)30-12-4-5-15(30)16-14(9-12)28-17(35-16)29-36(32,33)13-7-10(20(22,23)24)6-11(8-13)21(25,26)27/h6-8,12,15H,4-5,9H2,1-3H3,(H,28,29). The smallest absolute Gasteiger partial charge is 0.416 e. The Kier molecular flexibility index (Phi) is 6.26. The highest BCUT2D eigenvalue weighted by Gasteiger charge is 2.46. The molecular weight excluding hydrogens is 536 g/mol. The first-order chi connectivity index (χ1) is 16.3.